The summed E-state index contributed by atoms with van der Waals surface area (Å²) in [4.78, 5) is 46.0. The smallest absolute Gasteiger partial charge is 0.255 e. The summed E-state index contributed by atoms with van der Waals surface area (Å²) in [5.41, 5.74) is 6.30. The topological polar surface area (TPSA) is 106 Å². The zero-order valence-electron chi connectivity index (χ0n) is 31.7. The maximum Gasteiger partial charge on any atom is 0.255 e. The van der Waals surface area contributed by atoms with Gasteiger partial charge >= 0.3 is 0 Å². The summed E-state index contributed by atoms with van der Waals surface area (Å²) in [6.07, 6.45) is 2.45. The lowest BCUT2D eigenvalue weighted by atomic mass is 9.73. The minimum Gasteiger partial charge on any atom is -0.508 e. The van der Waals surface area contributed by atoms with E-state index in [1.165, 1.54) is 0 Å². The highest BCUT2D eigenvalue weighted by Gasteiger charge is 2.40. The van der Waals surface area contributed by atoms with Crippen LogP contribution < -0.4 is 19.9 Å². The van der Waals surface area contributed by atoms with Gasteiger partial charge in [-0.3, -0.25) is 24.6 Å². The number of imide groups is 1. The molecule has 5 aliphatic heterocycles. The van der Waals surface area contributed by atoms with E-state index in [4.69, 9.17) is 4.74 Å². The van der Waals surface area contributed by atoms with E-state index < -0.39 is 6.04 Å². The van der Waals surface area contributed by atoms with Gasteiger partial charge in [0.25, 0.3) is 5.91 Å². The first-order valence-corrected chi connectivity index (χ1v) is 20.0. The van der Waals surface area contributed by atoms with E-state index >= 15 is 4.39 Å². The number of ether oxygens (including phenoxy) is 1. The largest absolute Gasteiger partial charge is 0.508 e. The van der Waals surface area contributed by atoms with Gasteiger partial charge in [0.15, 0.2) is 0 Å². The number of phenols is 1. The normalized spacial score (nSPS) is 24.5. The first-order chi connectivity index (χ1) is 27.2. The molecule has 11 heteroatoms. The number of anilines is 2. The summed E-state index contributed by atoms with van der Waals surface area (Å²) >= 11 is 0. The minimum atomic E-state index is -0.609. The van der Waals surface area contributed by atoms with Gasteiger partial charge < -0.3 is 24.5 Å². The minimum absolute atomic E-state index is 0.0204. The molecule has 0 radical (unpaired) electrons. The third kappa shape index (κ3) is 6.86. The molecule has 9 rings (SSSR count). The van der Waals surface area contributed by atoms with Crippen molar-refractivity contribution in [1.29, 1.82) is 0 Å². The van der Waals surface area contributed by atoms with E-state index in [0.29, 0.717) is 35.9 Å². The van der Waals surface area contributed by atoms with Crippen LogP contribution in [-0.4, -0.2) is 90.6 Å². The number of phenolic OH excluding ortho intramolecular Hbond substituents is 1. The Morgan fingerprint density at radius 3 is 2.36 bits per heavy atom. The molecule has 5 aliphatic rings. The number of halogens is 1. The quantitative estimate of drug-likeness (QED) is 0.221. The number of nitrogens with zero attached hydrogens (tertiary/aromatic N) is 4. The Bertz CT molecular complexity index is 2150. The molecule has 3 fully saturated rings. The summed E-state index contributed by atoms with van der Waals surface area (Å²) in [5.74, 6) is 0.165. The van der Waals surface area contributed by atoms with E-state index in [0.717, 1.165) is 86.6 Å². The van der Waals surface area contributed by atoms with Crippen molar-refractivity contribution in [1.82, 2.24) is 15.1 Å². The Hall–Kier alpha value is -5.42. The van der Waals surface area contributed by atoms with E-state index in [9.17, 15) is 19.5 Å². The van der Waals surface area contributed by atoms with Gasteiger partial charge in [-0.25, -0.2) is 4.39 Å². The summed E-state index contributed by atoms with van der Waals surface area (Å²) in [5, 5.41) is 12.6. The number of benzene rings is 4. The fourth-order valence-electron chi connectivity index (χ4n) is 9.79. The molecule has 0 aliphatic carbocycles. The summed E-state index contributed by atoms with van der Waals surface area (Å²) in [6.45, 7) is 8.77. The standard InChI is InChI=1S/C45H48FN5O5/c1-28-42(30-5-3-2-4-6-30)43(36-11-9-34(52)25-40(36)56-28)31-7-12-38(37(46)24-31)50-17-15-29(16-18-50)26-48-19-21-49(22-20-48)33-8-10-35-32(23-33)27-51(45(35)55)39-13-14-41(53)47-44(39)54/h2-12,23-25,28-29,39,42-43,52H,13-22,26-27H2,1H3,(H,47,53,54)/t28-,39?,42+,43+/m0/s1. The molecule has 0 spiro atoms. The first-order valence-electron chi connectivity index (χ1n) is 20.0. The Morgan fingerprint density at radius 1 is 0.821 bits per heavy atom. The first kappa shape index (κ1) is 36.2. The second-order valence-electron chi connectivity index (χ2n) is 16.1. The molecule has 56 heavy (non-hydrogen) atoms. The van der Waals surface area contributed by atoms with E-state index in [1.807, 2.05) is 49.4 Å². The number of hydrogen-bond donors (Lipinski definition) is 2. The molecule has 290 valence electrons. The van der Waals surface area contributed by atoms with Gasteiger partial charge in [-0.1, -0.05) is 42.5 Å². The van der Waals surface area contributed by atoms with Crippen molar-refractivity contribution in [2.24, 2.45) is 5.92 Å². The van der Waals surface area contributed by atoms with E-state index in [-0.39, 0.29) is 53.6 Å². The van der Waals surface area contributed by atoms with Gasteiger partial charge in [-0.15, -0.1) is 0 Å². The number of nitrogens with one attached hydrogen (secondary N) is 1. The number of aromatic hydroxyl groups is 1. The molecule has 0 aromatic heterocycles. The highest BCUT2D eigenvalue weighted by Crippen LogP contribution is 2.50. The number of amides is 3. The Balaban J connectivity index is 0.802. The fourth-order valence-corrected chi connectivity index (χ4v) is 9.79. The van der Waals surface area contributed by atoms with Crippen molar-refractivity contribution < 1.29 is 28.6 Å². The van der Waals surface area contributed by atoms with Crippen LogP contribution in [0.5, 0.6) is 11.5 Å². The molecule has 4 aromatic rings. The third-order valence-corrected chi connectivity index (χ3v) is 12.7. The summed E-state index contributed by atoms with van der Waals surface area (Å²) in [6, 6.07) is 26.6. The monoisotopic (exact) mass is 757 g/mol. The van der Waals surface area contributed by atoms with Gasteiger partial charge in [0, 0.05) is 93.5 Å². The maximum atomic E-state index is 16.2. The highest BCUT2D eigenvalue weighted by molar-refractivity contribution is 6.05. The summed E-state index contributed by atoms with van der Waals surface area (Å²) in [7, 11) is 0. The van der Waals surface area contributed by atoms with Crippen LogP contribution in [0, 0.1) is 11.7 Å². The van der Waals surface area contributed by atoms with Gasteiger partial charge in [0.05, 0.1) is 5.69 Å². The third-order valence-electron chi connectivity index (χ3n) is 12.7. The molecule has 0 saturated carbocycles. The number of hydrogen-bond acceptors (Lipinski definition) is 8. The number of piperidine rings is 2. The van der Waals surface area contributed by atoms with Gasteiger partial charge in [-0.05, 0) is 85.2 Å². The number of fused-ring (bicyclic) bond motifs is 2. The number of carbonyl (C=O) groups excluding carboxylic acids is 3. The Kier molecular flexibility index (Phi) is 9.65. The Labute approximate surface area is 326 Å². The molecule has 3 saturated heterocycles. The van der Waals surface area contributed by atoms with Crippen molar-refractivity contribution in [2.45, 2.75) is 63.1 Å². The van der Waals surface area contributed by atoms with Crippen molar-refractivity contribution in [3.8, 4) is 11.5 Å². The molecule has 10 nitrogen and oxygen atoms in total. The molecule has 1 unspecified atom stereocenters. The van der Waals surface area contributed by atoms with Gasteiger partial charge in [0.1, 0.15) is 29.5 Å². The predicted molar refractivity (Wildman–Crippen MR) is 212 cm³/mol. The lowest BCUT2D eigenvalue weighted by molar-refractivity contribution is -0.136. The molecule has 2 N–H and O–H groups in total. The second kappa shape index (κ2) is 14.9. The molecular formula is C45H48FN5O5. The van der Waals surface area contributed by atoms with Gasteiger partial charge in [-0.2, -0.15) is 0 Å². The van der Waals surface area contributed by atoms with Crippen LogP contribution >= 0.6 is 0 Å². The van der Waals surface area contributed by atoms with Crippen LogP contribution in [0.15, 0.2) is 84.9 Å². The molecule has 0 bridgehead atoms. The fraction of sp³-hybridized carbons (Fsp3) is 0.400. The van der Waals surface area contributed by atoms with Crippen molar-refractivity contribution in [3.05, 3.63) is 119 Å². The molecule has 3 amide bonds. The van der Waals surface area contributed by atoms with Crippen LogP contribution in [0.25, 0.3) is 0 Å². The van der Waals surface area contributed by atoms with Crippen LogP contribution in [0.2, 0.25) is 0 Å². The molecule has 4 atom stereocenters. The van der Waals surface area contributed by atoms with E-state index in [2.05, 4.69) is 44.3 Å². The number of rotatable bonds is 7. The van der Waals surface area contributed by atoms with Crippen molar-refractivity contribution in [3.63, 3.8) is 0 Å². The van der Waals surface area contributed by atoms with Crippen LogP contribution in [0.1, 0.15) is 77.1 Å². The molecule has 4 aromatic carbocycles. The predicted octanol–water partition coefficient (Wildman–Crippen LogP) is 6.03. The maximum absolute atomic E-state index is 16.2. The summed E-state index contributed by atoms with van der Waals surface area (Å²) < 4.78 is 22.5. The highest BCUT2D eigenvalue weighted by atomic mass is 19.1. The van der Waals surface area contributed by atoms with Crippen LogP contribution in [0.4, 0.5) is 15.8 Å². The average molecular weight is 758 g/mol. The van der Waals surface area contributed by atoms with E-state index in [1.54, 1.807) is 23.1 Å². The van der Waals surface area contributed by atoms with Crippen LogP contribution in [-0.2, 0) is 16.1 Å². The lowest BCUT2D eigenvalue weighted by Gasteiger charge is -2.40. The van der Waals surface area contributed by atoms with Gasteiger partial charge in [0.2, 0.25) is 11.8 Å². The Morgan fingerprint density at radius 2 is 1.61 bits per heavy atom. The zero-order valence-corrected chi connectivity index (χ0v) is 31.7. The van der Waals surface area contributed by atoms with Crippen LogP contribution in [0.3, 0.4) is 0 Å². The molecular weight excluding hydrogens is 710 g/mol. The average Bonchev–Trinajstić information content (AvgIpc) is 3.53. The molecule has 5 heterocycles. The SMILES string of the molecule is C[C@@H]1Oc2cc(O)ccc2[C@@H](c2ccc(N3CCC(CN4CCN(c5ccc6c(c5)CN(C5CCC(=O)NC5=O)C6=O)CC4)CC3)c(F)c2)[C@H]1c1ccccc1. The number of carbonyl (C=O) groups is 3. The second-order valence-corrected chi connectivity index (χ2v) is 16.1. The van der Waals surface area contributed by atoms with Crippen molar-refractivity contribution >= 4 is 29.1 Å². The zero-order chi connectivity index (χ0) is 38.5. The lowest BCUT2D eigenvalue weighted by Crippen LogP contribution is -2.52. The number of piperazine rings is 1. The van der Waals surface area contributed by atoms with Crippen molar-refractivity contribution in [2.75, 3.05) is 55.6 Å².